The van der Waals surface area contributed by atoms with Gasteiger partial charge in [0.1, 0.15) is 6.04 Å². The van der Waals surface area contributed by atoms with Crippen molar-refractivity contribution in [1.29, 1.82) is 0 Å². The van der Waals surface area contributed by atoms with Gasteiger partial charge in [0.25, 0.3) is 0 Å². The molecule has 0 saturated heterocycles. The van der Waals surface area contributed by atoms with Gasteiger partial charge in [0.2, 0.25) is 0 Å². The average Bonchev–Trinajstić information content (AvgIpc) is 2.27. The summed E-state index contributed by atoms with van der Waals surface area (Å²) in [6.45, 7) is 5.95. The molecule has 0 spiro atoms. The van der Waals surface area contributed by atoms with Crippen LogP contribution in [-0.4, -0.2) is 23.2 Å². The number of carbonyl (C=O) groups is 1. The highest BCUT2D eigenvalue weighted by atomic mass is 35.5. The molecule has 0 amide bonds. The quantitative estimate of drug-likeness (QED) is 0.807. The van der Waals surface area contributed by atoms with Crippen LogP contribution >= 0.6 is 11.6 Å². The molecule has 2 N–H and O–H groups in total. The molecule has 106 valence electrons. The summed E-state index contributed by atoms with van der Waals surface area (Å²) < 4.78 is 0. The SMILES string of the molecule is CC(C)CC(Cc1cccc(Cl)c1)N[C@@H](C)C(=O)O. The summed E-state index contributed by atoms with van der Waals surface area (Å²) in [5.41, 5.74) is 1.13. The lowest BCUT2D eigenvalue weighted by Gasteiger charge is -2.23. The Morgan fingerprint density at radius 2 is 2.05 bits per heavy atom. The molecule has 0 radical (unpaired) electrons. The molecule has 3 nitrogen and oxygen atoms in total. The van der Waals surface area contributed by atoms with Crippen molar-refractivity contribution < 1.29 is 9.90 Å². The van der Waals surface area contributed by atoms with Crippen molar-refractivity contribution in [3.63, 3.8) is 0 Å². The van der Waals surface area contributed by atoms with E-state index in [0.29, 0.717) is 10.9 Å². The predicted molar refractivity (Wildman–Crippen MR) is 78.6 cm³/mol. The molecule has 1 rings (SSSR count). The minimum atomic E-state index is -0.820. The maximum absolute atomic E-state index is 10.9. The van der Waals surface area contributed by atoms with Gasteiger partial charge in [0.15, 0.2) is 0 Å². The van der Waals surface area contributed by atoms with Crippen LogP contribution in [0.3, 0.4) is 0 Å². The summed E-state index contributed by atoms with van der Waals surface area (Å²) in [6.07, 6.45) is 1.72. The average molecular weight is 284 g/mol. The normalized spacial score (nSPS) is 14.4. The molecule has 0 saturated carbocycles. The largest absolute Gasteiger partial charge is 0.480 e. The summed E-state index contributed by atoms with van der Waals surface area (Å²) in [5, 5.41) is 12.9. The second-order valence-electron chi connectivity index (χ2n) is 5.39. The summed E-state index contributed by atoms with van der Waals surface area (Å²) in [6, 6.07) is 7.32. The molecule has 0 aliphatic carbocycles. The first-order valence-corrected chi connectivity index (χ1v) is 6.99. The fourth-order valence-electron chi connectivity index (χ4n) is 2.15. The summed E-state index contributed by atoms with van der Waals surface area (Å²) in [5.74, 6) is -0.308. The van der Waals surface area contributed by atoms with Crippen LogP contribution in [0.15, 0.2) is 24.3 Å². The first-order valence-electron chi connectivity index (χ1n) is 6.61. The van der Waals surface area contributed by atoms with Crippen molar-refractivity contribution in [2.75, 3.05) is 0 Å². The van der Waals surface area contributed by atoms with Crippen LogP contribution in [0.1, 0.15) is 32.8 Å². The maximum atomic E-state index is 10.9. The molecule has 2 atom stereocenters. The number of aliphatic carboxylic acids is 1. The van der Waals surface area contributed by atoms with Crippen LogP contribution in [0.5, 0.6) is 0 Å². The molecule has 19 heavy (non-hydrogen) atoms. The monoisotopic (exact) mass is 283 g/mol. The zero-order chi connectivity index (χ0) is 14.4. The predicted octanol–water partition coefficient (Wildman–Crippen LogP) is 3.36. The molecular weight excluding hydrogens is 262 g/mol. The molecule has 0 aliphatic rings. The van der Waals surface area contributed by atoms with E-state index in [1.165, 1.54) is 0 Å². The zero-order valence-corrected chi connectivity index (χ0v) is 12.4. The van der Waals surface area contributed by atoms with Crippen LogP contribution in [-0.2, 0) is 11.2 Å². The van der Waals surface area contributed by atoms with Gasteiger partial charge in [-0.15, -0.1) is 0 Å². The molecule has 1 aromatic rings. The van der Waals surface area contributed by atoms with Crippen LogP contribution in [0.25, 0.3) is 0 Å². The first-order chi connectivity index (χ1) is 8.88. The van der Waals surface area contributed by atoms with Crippen molar-refractivity contribution in [2.45, 2.75) is 45.7 Å². The van der Waals surface area contributed by atoms with Crippen LogP contribution < -0.4 is 5.32 Å². The Hall–Kier alpha value is -1.06. The fraction of sp³-hybridized carbons (Fsp3) is 0.533. The van der Waals surface area contributed by atoms with E-state index in [1.54, 1.807) is 6.92 Å². The van der Waals surface area contributed by atoms with Crippen molar-refractivity contribution in [3.05, 3.63) is 34.9 Å². The smallest absolute Gasteiger partial charge is 0.320 e. The number of carboxylic acid groups (broad SMARTS) is 1. The van der Waals surface area contributed by atoms with Gasteiger partial charge < -0.3 is 10.4 Å². The van der Waals surface area contributed by atoms with Gasteiger partial charge in [-0.3, -0.25) is 4.79 Å². The minimum Gasteiger partial charge on any atom is -0.480 e. The third-order valence-corrected chi connectivity index (χ3v) is 3.22. The van der Waals surface area contributed by atoms with Crippen LogP contribution in [0.2, 0.25) is 5.02 Å². The Morgan fingerprint density at radius 3 is 2.58 bits per heavy atom. The molecule has 1 unspecified atom stereocenters. The third kappa shape index (κ3) is 6.08. The fourth-order valence-corrected chi connectivity index (χ4v) is 2.37. The van der Waals surface area contributed by atoms with Crippen molar-refractivity contribution >= 4 is 17.6 Å². The van der Waals surface area contributed by atoms with Crippen LogP contribution in [0.4, 0.5) is 0 Å². The maximum Gasteiger partial charge on any atom is 0.320 e. The molecule has 4 heteroatoms. The Bertz CT molecular complexity index is 420. The lowest BCUT2D eigenvalue weighted by Crippen LogP contribution is -2.43. The van der Waals surface area contributed by atoms with Gasteiger partial charge in [-0.1, -0.05) is 37.6 Å². The second kappa shape index (κ2) is 7.51. The number of hydrogen-bond donors (Lipinski definition) is 2. The molecular formula is C15H22ClNO2. The first kappa shape index (κ1) is 16.0. The number of nitrogens with one attached hydrogen (secondary N) is 1. The van der Waals surface area contributed by atoms with E-state index >= 15 is 0 Å². The Kier molecular flexibility index (Phi) is 6.32. The Morgan fingerprint density at radius 1 is 1.37 bits per heavy atom. The Labute approximate surface area is 120 Å². The van der Waals surface area contributed by atoms with E-state index in [2.05, 4.69) is 19.2 Å². The molecule has 0 fully saturated rings. The van der Waals surface area contributed by atoms with Crippen LogP contribution in [0, 0.1) is 5.92 Å². The van der Waals surface area contributed by atoms with E-state index < -0.39 is 12.0 Å². The number of carboxylic acids is 1. The topological polar surface area (TPSA) is 49.3 Å². The van der Waals surface area contributed by atoms with Gasteiger partial charge in [-0.05, 0) is 43.4 Å². The van der Waals surface area contributed by atoms with Gasteiger partial charge in [-0.25, -0.2) is 0 Å². The van der Waals surface area contributed by atoms with E-state index in [-0.39, 0.29) is 6.04 Å². The summed E-state index contributed by atoms with van der Waals surface area (Å²) >= 11 is 5.98. The van der Waals surface area contributed by atoms with Gasteiger partial charge >= 0.3 is 5.97 Å². The second-order valence-corrected chi connectivity index (χ2v) is 5.82. The third-order valence-electron chi connectivity index (χ3n) is 2.98. The van der Waals surface area contributed by atoms with Crippen molar-refractivity contribution in [3.8, 4) is 0 Å². The molecule has 0 heterocycles. The van der Waals surface area contributed by atoms with Crippen molar-refractivity contribution in [1.82, 2.24) is 5.32 Å². The van der Waals surface area contributed by atoms with Crippen molar-refractivity contribution in [2.24, 2.45) is 5.92 Å². The number of benzene rings is 1. The molecule has 0 bridgehead atoms. The number of hydrogen-bond acceptors (Lipinski definition) is 2. The molecule has 0 aliphatic heterocycles. The zero-order valence-electron chi connectivity index (χ0n) is 11.7. The lowest BCUT2D eigenvalue weighted by atomic mass is 9.96. The summed E-state index contributed by atoms with van der Waals surface area (Å²) in [4.78, 5) is 10.9. The highest BCUT2D eigenvalue weighted by molar-refractivity contribution is 6.30. The van der Waals surface area contributed by atoms with Gasteiger partial charge in [0.05, 0.1) is 0 Å². The lowest BCUT2D eigenvalue weighted by molar-refractivity contribution is -0.139. The number of halogens is 1. The van der Waals surface area contributed by atoms with E-state index in [0.717, 1.165) is 18.4 Å². The van der Waals surface area contributed by atoms with E-state index in [4.69, 9.17) is 16.7 Å². The van der Waals surface area contributed by atoms with Gasteiger partial charge in [-0.2, -0.15) is 0 Å². The highest BCUT2D eigenvalue weighted by Crippen LogP contribution is 2.15. The van der Waals surface area contributed by atoms with E-state index in [9.17, 15) is 4.79 Å². The standard InChI is InChI=1S/C15H22ClNO2/c1-10(2)7-14(17-11(3)15(18)19)9-12-5-4-6-13(16)8-12/h4-6,8,10-11,14,17H,7,9H2,1-3H3,(H,18,19)/t11-,14?/m0/s1. The van der Waals surface area contributed by atoms with E-state index in [1.807, 2.05) is 24.3 Å². The Balaban J connectivity index is 2.71. The molecule has 1 aromatic carbocycles. The minimum absolute atomic E-state index is 0.143. The highest BCUT2D eigenvalue weighted by Gasteiger charge is 2.18. The number of rotatable bonds is 7. The molecule has 0 aromatic heterocycles. The van der Waals surface area contributed by atoms with Gasteiger partial charge in [0, 0.05) is 11.1 Å². The summed E-state index contributed by atoms with van der Waals surface area (Å²) in [7, 11) is 0.